The number of sulfonamides is 1. The van der Waals surface area contributed by atoms with Gasteiger partial charge < -0.3 is 19.7 Å². The van der Waals surface area contributed by atoms with Crippen molar-refractivity contribution in [3.05, 3.63) is 60.4 Å². The van der Waals surface area contributed by atoms with Crippen LogP contribution in [-0.4, -0.2) is 52.8 Å². The number of halogens is 2. The molecule has 36 heavy (non-hydrogen) atoms. The normalized spacial score (nSPS) is 17.8. The van der Waals surface area contributed by atoms with E-state index in [2.05, 4.69) is 33.8 Å². The number of nitrogens with zero attached hydrogens (tertiary/aromatic N) is 2. The topological polar surface area (TPSA) is 92.8 Å². The zero-order valence-electron chi connectivity index (χ0n) is 20.5. The summed E-state index contributed by atoms with van der Waals surface area (Å²) in [4.78, 5) is 6.69. The van der Waals surface area contributed by atoms with Crippen LogP contribution in [0.1, 0.15) is 13.8 Å². The molecule has 2 heterocycles. The van der Waals surface area contributed by atoms with Crippen molar-refractivity contribution in [1.29, 1.82) is 0 Å². The molecule has 2 atom stereocenters. The summed E-state index contributed by atoms with van der Waals surface area (Å²) in [6.07, 6.45) is 0. The summed E-state index contributed by atoms with van der Waals surface area (Å²) in [5.41, 5.74) is 0.844. The number of methoxy groups -OCH3 is 2. The Hall–Kier alpha value is -3.08. The lowest BCUT2D eigenvalue weighted by atomic mass is 10.1. The number of nitrogens with one attached hydrogen (secondary N) is 2. The lowest BCUT2D eigenvalue weighted by molar-refractivity contribution is 0.403. The van der Waals surface area contributed by atoms with Gasteiger partial charge >= 0.3 is 0 Å². The predicted molar refractivity (Wildman–Crippen MR) is 142 cm³/mol. The van der Waals surface area contributed by atoms with E-state index < -0.39 is 15.8 Å². The van der Waals surface area contributed by atoms with Crippen LogP contribution >= 0.6 is 12.4 Å². The maximum Gasteiger partial charge on any atom is 0.263 e. The summed E-state index contributed by atoms with van der Waals surface area (Å²) in [7, 11) is -1.02. The van der Waals surface area contributed by atoms with Crippen molar-refractivity contribution in [2.24, 2.45) is 0 Å². The minimum Gasteiger partial charge on any atom is -0.497 e. The van der Waals surface area contributed by atoms with E-state index in [1.807, 2.05) is 6.07 Å². The molecule has 1 saturated heterocycles. The SMILES string of the molecule is COc1ccc(F)c(-c2ccc(S(=O)(=O)Nc3nc(N4C[C@@H](C)N[C@@H](C)C4)ccc3OC)cc2)c1.Cl. The molecule has 3 aromatic rings. The maximum atomic E-state index is 14.3. The van der Waals surface area contributed by atoms with E-state index in [-0.39, 0.29) is 35.2 Å². The molecule has 0 amide bonds. The van der Waals surface area contributed by atoms with Gasteiger partial charge in [-0.3, -0.25) is 4.72 Å². The molecular weight excluding hydrogens is 507 g/mol. The molecule has 1 aromatic heterocycles. The van der Waals surface area contributed by atoms with Crippen LogP contribution in [0.15, 0.2) is 59.5 Å². The molecule has 8 nitrogen and oxygen atoms in total. The van der Waals surface area contributed by atoms with Gasteiger partial charge in [0.1, 0.15) is 17.4 Å². The first-order chi connectivity index (χ1) is 16.7. The number of piperazine rings is 1. The standard InChI is InChI=1S/C25H29FN4O4S.ClH/c1-16-14-30(15-17(2)27-16)24-12-11-23(34-4)25(28-24)29-35(31,32)20-8-5-18(6-9-20)21-13-19(33-3)7-10-22(21)26;/h5-13,16-17,27H,14-15H2,1-4H3,(H,28,29);1H/t16-,17+;. The Morgan fingerprint density at radius 2 is 1.67 bits per heavy atom. The average molecular weight is 537 g/mol. The van der Waals surface area contributed by atoms with Gasteiger partial charge in [-0.05, 0) is 61.9 Å². The van der Waals surface area contributed by atoms with Gasteiger partial charge in [-0.2, -0.15) is 0 Å². The third-order valence-corrected chi connectivity index (χ3v) is 7.18. The van der Waals surface area contributed by atoms with Crippen molar-refractivity contribution >= 4 is 34.1 Å². The zero-order chi connectivity index (χ0) is 25.2. The van der Waals surface area contributed by atoms with Gasteiger partial charge in [0.2, 0.25) is 0 Å². The van der Waals surface area contributed by atoms with Crippen molar-refractivity contribution in [3.63, 3.8) is 0 Å². The van der Waals surface area contributed by atoms with Crippen LogP contribution in [0.25, 0.3) is 11.1 Å². The molecule has 1 aliphatic rings. The van der Waals surface area contributed by atoms with E-state index in [9.17, 15) is 12.8 Å². The van der Waals surface area contributed by atoms with Gasteiger partial charge in [-0.1, -0.05) is 12.1 Å². The third kappa shape index (κ3) is 6.00. The molecule has 2 N–H and O–H groups in total. The summed E-state index contributed by atoms with van der Waals surface area (Å²) in [5.74, 6) is 1.15. The number of ether oxygens (including phenoxy) is 2. The van der Waals surface area contributed by atoms with Crippen molar-refractivity contribution in [1.82, 2.24) is 10.3 Å². The van der Waals surface area contributed by atoms with Crippen LogP contribution in [0.4, 0.5) is 16.0 Å². The number of hydrogen-bond donors (Lipinski definition) is 2. The quantitative estimate of drug-likeness (QED) is 0.464. The van der Waals surface area contributed by atoms with Gasteiger partial charge in [-0.25, -0.2) is 17.8 Å². The average Bonchev–Trinajstić information content (AvgIpc) is 2.83. The van der Waals surface area contributed by atoms with Crippen LogP contribution in [0.5, 0.6) is 11.5 Å². The van der Waals surface area contributed by atoms with E-state index in [4.69, 9.17) is 9.47 Å². The van der Waals surface area contributed by atoms with E-state index in [0.29, 0.717) is 28.4 Å². The van der Waals surface area contributed by atoms with Gasteiger partial charge in [0.05, 0.1) is 19.1 Å². The first-order valence-electron chi connectivity index (χ1n) is 11.2. The second-order valence-electron chi connectivity index (χ2n) is 8.57. The Kier molecular flexibility index (Phi) is 8.65. The molecule has 0 bridgehead atoms. The van der Waals surface area contributed by atoms with E-state index in [1.165, 1.54) is 38.5 Å². The van der Waals surface area contributed by atoms with Gasteiger partial charge in [0.15, 0.2) is 11.6 Å². The first-order valence-corrected chi connectivity index (χ1v) is 12.7. The van der Waals surface area contributed by atoms with Crippen molar-refractivity contribution in [2.45, 2.75) is 30.8 Å². The molecule has 1 fully saturated rings. The van der Waals surface area contributed by atoms with Gasteiger partial charge in [-0.15, -0.1) is 12.4 Å². The van der Waals surface area contributed by atoms with Gasteiger partial charge in [0.25, 0.3) is 10.0 Å². The van der Waals surface area contributed by atoms with E-state index in [0.717, 1.165) is 13.1 Å². The summed E-state index contributed by atoms with van der Waals surface area (Å²) >= 11 is 0. The van der Waals surface area contributed by atoms with Crippen LogP contribution in [-0.2, 0) is 10.0 Å². The molecule has 1 aliphatic heterocycles. The lowest BCUT2D eigenvalue weighted by Crippen LogP contribution is -2.54. The van der Waals surface area contributed by atoms with E-state index in [1.54, 1.807) is 24.3 Å². The van der Waals surface area contributed by atoms with Gasteiger partial charge in [0, 0.05) is 30.7 Å². The molecule has 0 unspecified atom stereocenters. The number of benzene rings is 2. The highest BCUT2D eigenvalue weighted by Gasteiger charge is 2.24. The van der Waals surface area contributed by atoms with Crippen LogP contribution in [0, 0.1) is 5.82 Å². The molecule has 194 valence electrons. The summed E-state index contributed by atoms with van der Waals surface area (Å²) < 4.78 is 53.7. The second kappa shape index (κ2) is 11.3. The molecule has 11 heteroatoms. The minimum atomic E-state index is -3.98. The minimum absolute atomic E-state index is 0. The zero-order valence-corrected chi connectivity index (χ0v) is 22.1. The summed E-state index contributed by atoms with van der Waals surface area (Å²) in [5, 5.41) is 3.47. The number of aromatic nitrogens is 1. The summed E-state index contributed by atoms with van der Waals surface area (Å²) in [6.45, 7) is 5.68. The fourth-order valence-electron chi connectivity index (χ4n) is 4.22. The Morgan fingerprint density at radius 3 is 2.28 bits per heavy atom. The largest absolute Gasteiger partial charge is 0.497 e. The number of rotatable bonds is 7. The second-order valence-corrected chi connectivity index (χ2v) is 10.3. The monoisotopic (exact) mass is 536 g/mol. The van der Waals surface area contributed by atoms with Crippen molar-refractivity contribution < 1.29 is 22.3 Å². The molecule has 0 spiro atoms. The van der Waals surface area contributed by atoms with Crippen molar-refractivity contribution in [2.75, 3.05) is 36.9 Å². The Bertz CT molecular complexity index is 1300. The maximum absolute atomic E-state index is 14.3. The van der Waals surface area contributed by atoms with Crippen LogP contribution in [0.3, 0.4) is 0 Å². The molecule has 0 aliphatic carbocycles. The van der Waals surface area contributed by atoms with Crippen LogP contribution < -0.4 is 24.4 Å². The van der Waals surface area contributed by atoms with Crippen molar-refractivity contribution in [3.8, 4) is 22.6 Å². The molecule has 4 rings (SSSR count). The molecule has 0 saturated carbocycles. The fourth-order valence-corrected chi connectivity index (χ4v) is 5.23. The summed E-state index contributed by atoms with van der Waals surface area (Å²) in [6, 6.07) is 14.4. The highest BCUT2D eigenvalue weighted by molar-refractivity contribution is 7.92. The Balaban J connectivity index is 0.00000361. The molecule has 2 aromatic carbocycles. The first kappa shape index (κ1) is 27.5. The Morgan fingerprint density at radius 1 is 1.00 bits per heavy atom. The number of hydrogen-bond acceptors (Lipinski definition) is 7. The number of anilines is 2. The molecular formula is C25H30ClFN4O4S. The lowest BCUT2D eigenvalue weighted by Gasteiger charge is -2.37. The predicted octanol–water partition coefficient (Wildman–Crippen LogP) is 4.31. The highest BCUT2D eigenvalue weighted by Crippen LogP contribution is 2.31. The number of pyridine rings is 1. The van der Waals surface area contributed by atoms with E-state index >= 15 is 0 Å². The van der Waals surface area contributed by atoms with Crippen LogP contribution in [0.2, 0.25) is 0 Å². The third-order valence-electron chi connectivity index (χ3n) is 5.83. The Labute approximate surface area is 217 Å². The molecule has 0 radical (unpaired) electrons. The smallest absolute Gasteiger partial charge is 0.263 e. The highest BCUT2D eigenvalue weighted by atomic mass is 35.5. The fraction of sp³-hybridized carbons (Fsp3) is 0.320.